The molecule has 0 unspecified atom stereocenters. The molecular weight excluding hydrogens is 297 g/mol. The number of ether oxygens (including phenoxy) is 1. The molecule has 1 aliphatic rings. The van der Waals surface area contributed by atoms with Crippen molar-refractivity contribution in [3.8, 4) is 17.0 Å². The van der Waals surface area contributed by atoms with E-state index in [1.165, 1.54) is 18.2 Å². The predicted molar refractivity (Wildman–Crippen MR) is 82.7 cm³/mol. The Bertz CT molecular complexity index is 904. The van der Waals surface area contributed by atoms with E-state index in [9.17, 15) is 9.18 Å². The first kappa shape index (κ1) is 13.5. The number of hydrogen-bond donors (Lipinski definition) is 2. The molecule has 2 aromatic carbocycles. The number of nitrogens with zero attached hydrogens (tertiary/aromatic N) is 1. The summed E-state index contributed by atoms with van der Waals surface area (Å²) in [7, 11) is 0. The van der Waals surface area contributed by atoms with Gasteiger partial charge in [0.2, 0.25) is 0 Å². The number of hydrogen-bond acceptors (Lipinski definition) is 3. The fourth-order valence-electron chi connectivity index (χ4n) is 2.61. The molecule has 5 nitrogen and oxygen atoms in total. The van der Waals surface area contributed by atoms with Crippen LogP contribution in [-0.2, 0) is 6.61 Å². The number of rotatable bonds is 2. The zero-order valence-corrected chi connectivity index (χ0v) is 12.0. The summed E-state index contributed by atoms with van der Waals surface area (Å²) in [6.45, 7) is 0.259. The summed E-state index contributed by atoms with van der Waals surface area (Å²) in [5, 5.41) is 9.65. The van der Waals surface area contributed by atoms with Crippen LogP contribution in [0.5, 0.6) is 5.75 Å². The molecule has 6 heteroatoms. The van der Waals surface area contributed by atoms with Crippen LogP contribution >= 0.6 is 0 Å². The van der Waals surface area contributed by atoms with Crippen LogP contribution in [0.2, 0.25) is 0 Å². The Hall–Kier alpha value is -3.15. The number of benzene rings is 2. The maximum Gasteiger partial charge on any atom is 0.274 e. The van der Waals surface area contributed by atoms with E-state index in [0.29, 0.717) is 22.6 Å². The molecule has 0 aliphatic carbocycles. The summed E-state index contributed by atoms with van der Waals surface area (Å²) in [5.74, 6) is -0.0531. The van der Waals surface area contributed by atoms with Crippen LogP contribution < -0.4 is 10.1 Å². The number of nitrogens with one attached hydrogen (secondary N) is 2. The normalized spacial score (nSPS) is 12.0. The molecule has 2 heterocycles. The molecule has 0 fully saturated rings. The van der Waals surface area contributed by atoms with Crippen molar-refractivity contribution >= 4 is 11.6 Å². The first-order valence-electron chi connectivity index (χ1n) is 7.09. The van der Waals surface area contributed by atoms with Crippen LogP contribution in [0.4, 0.5) is 10.1 Å². The van der Waals surface area contributed by atoms with Crippen LogP contribution in [0.25, 0.3) is 11.3 Å². The lowest BCUT2D eigenvalue weighted by Gasteiger charge is -2.17. The molecule has 0 spiro atoms. The van der Waals surface area contributed by atoms with Crippen molar-refractivity contribution in [3.63, 3.8) is 0 Å². The third-order valence-corrected chi connectivity index (χ3v) is 3.69. The smallest absolute Gasteiger partial charge is 0.274 e. The minimum Gasteiger partial charge on any atom is -0.488 e. The summed E-state index contributed by atoms with van der Waals surface area (Å²) in [6, 6.07) is 13.3. The third kappa shape index (κ3) is 2.34. The standard InChI is InChI=1S/C17H12FN3O2/c18-10-4-3-5-11(8-10)19-17(22)16-13-9-23-14-7-2-1-6-12(14)15(13)20-21-16/h1-8H,9H2,(H,19,22)(H,20,21). The van der Waals surface area contributed by atoms with Gasteiger partial charge in [-0.1, -0.05) is 18.2 Å². The lowest BCUT2D eigenvalue weighted by Crippen LogP contribution is -2.16. The average Bonchev–Trinajstić information content (AvgIpc) is 2.99. The van der Waals surface area contributed by atoms with Gasteiger partial charge in [0.1, 0.15) is 29.6 Å². The second-order valence-corrected chi connectivity index (χ2v) is 5.18. The van der Waals surface area contributed by atoms with E-state index in [0.717, 1.165) is 11.3 Å². The number of para-hydroxylation sites is 1. The van der Waals surface area contributed by atoms with Gasteiger partial charge in [0.15, 0.2) is 0 Å². The highest BCUT2D eigenvalue weighted by Gasteiger charge is 2.26. The molecule has 1 aliphatic heterocycles. The van der Waals surface area contributed by atoms with Gasteiger partial charge >= 0.3 is 0 Å². The van der Waals surface area contributed by atoms with Gasteiger partial charge in [-0.3, -0.25) is 9.89 Å². The number of aromatic amines is 1. The fourth-order valence-corrected chi connectivity index (χ4v) is 2.61. The van der Waals surface area contributed by atoms with Crippen LogP contribution in [0, 0.1) is 5.82 Å². The molecule has 0 saturated heterocycles. The SMILES string of the molecule is O=C(Nc1cccc(F)c1)c1[nH]nc2c1COc1ccccc1-2. The summed E-state index contributed by atoms with van der Waals surface area (Å²) >= 11 is 0. The Kier molecular flexibility index (Phi) is 3.08. The van der Waals surface area contributed by atoms with Gasteiger partial charge in [0, 0.05) is 16.8 Å². The van der Waals surface area contributed by atoms with Crippen molar-refractivity contribution in [2.24, 2.45) is 0 Å². The first-order chi connectivity index (χ1) is 11.2. The monoisotopic (exact) mass is 309 g/mol. The number of aromatic nitrogens is 2. The lowest BCUT2D eigenvalue weighted by atomic mass is 10.0. The van der Waals surface area contributed by atoms with Crippen LogP contribution in [0.3, 0.4) is 0 Å². The molecule has 114 valence electrons. The van der Waals surface area contributed by atoms with Crippen molar-refractivity contribution in [3.05, 3.63) is 65.6 Å². The lowest BCUT2D eigenvalue weighted by molar-refractivity contribution is 0.102. The van der Waals surface area contributed by atoms with E-state index in [4.69, 9.17) is 4.74 Å². The minimum atomic E-state index is -0.410. The van der Waals surface area contributed by atoms with Crippen molar-refractivity contribution in [2.75, 3.05) is 5.32 Å². The number of anilines is 1. The quantitative estimate of drug-likeness (QED) is 0.763. The Balaban J connectivity index is 1.67. The van der Waals surface area contributed by atoms with Gasteiger partial charge in [-0.15, -0.1) is 0 Å². The van der Waals surface area contributed by atoms with E-state index in [1.807, 2.05) is 24.3 Å². The molecule has 0 atom stereocenters. The maximum atomic E-state index is 13.2. The van der Waals surface area contributed by atoms with Gasteiger partial charge < -0.3 is 10.1 Å². The van der Waals surface area contributed by atoms with Gasteiger partial charge in [-0.25, -0.2) is 4.39 Å². The number of carbonyl (C=O) groups is 1. The van der Waals surface area contributed by atoms with E-state index in [2.05, 4.69) is 15.5 Å². The zero-order chi connectivity index (χ0) is 15.8. The summed E-state index contributed by atoms with van der Waals surface area (Å²) in [5.41, 5.74) is 2.94. The van der Waals surface area contributed by atoms with Gasteiger partial charge in [-0.05, 0) is 30.3 Å². The average molecular weight is 309 g/mol. The van der Waals surface area contributed by atoms with E-state index in [-0.39, 0.29) is 12.5 Å². The van der Waals surface area contributed by atoms with E-state index < -0.39 is 5.82 Å². The summed E-state index contributed by atoms with van der Waals surface area (Å²) in [6.07, 6.45) is 0. The van der Waals surface area contributed by atoms with Crippen molar-refractivity contribution < 1.29 is 13.9 Å². The highest BCUT2D eigenvalue weighted by molar-refractivity contribution is 6.05. The van der Waals surface area contributed by atoms with E-state index >= 15 is 0 Å². The molecule has 0 radical (unpaired) electrons. The molecule has 1 amide bonds. The molecule has 0 bridgehead atoms. The van der Waals surface area contributed by atoms with Crippen LogP contribution in [-0.4, -0.2) is 16.1 Å². The summed E-state index contributed by atoms with van der Waals surface area (Å²) < 4.78 is 18.9. The number of amides is 1. The predicted octanol–water partition coefficient (Wildman–Crippen LogP) is 3.36. The first-order valence-corrected chi connectivity index (χ1v) is 7.09. The Morgan fingerprint density at radius 2 is 2.09 bits per heavy atom. The van der Waals surface area contributed by atoms with E-state index in [1.54, 1.807) is 6.07 Å². The third-order valence-electron chi connectivity index (χ3n) is 3.69. The second kappa shape index (κ2) is 5.24. The zero-order valence-electron chi connectivity index (χ0n) is 12.0. The molecule has 1 aromatic heterocycles. The number of halogens is 1. The highest BCUT2D eigenvalue weighted by atomic mass is 19.1. The Morgan fingerprint density at radius 3 is 2.96 bits per heavy atom. The maximum absolute atomic E-state index is 13.2. The summed E-state index contributed by atoms with van der Waals surface area (Å²) in [4.78, 5) is 12.4. The van der Waals surface area contributed by atoms with Crippen LogP contribution in [0.15, 0.2) is 48.5 Å². The topological polar surface area (TPSA) is 67.0 Å². The molecule has 3 aromatic rings. The molecule has 23 heavy (non-hydrogen) atoms. The number of fused-ring (bicyclic) bond motifs is 3. The Morgan fingerprint density at radius 1 is 1.22 bits per heavy atom. The fraction of sp³-hybridized carbons (Fsp3) is 0.0588. The van der Waals surface area contributed by atoms with Crippen LogP contribution in [0.1, 0.15) is 16.1 Å². The Labute approximate surface area is 131 Å². The van der Waals surface area contributed by atoms with Gasteiger partial charge in [0.05, 0.1) is 0 Å². The number of H-pyrrole nitrogens is 1. The minimum absolute atomic E-state index is 0.259. The van der Waals surface area contributed by atoms with Gasteiger partial charge in [0.25, 0.3) is 5.91 Å². The highest BCUT2D eigenvalue weighted by Crippen LogP contribution is 2.37. The largest absolute Gasteiger partial charge is 0.488 e. The van der Waals surface area contributed by atoms with Crippen molar-refractivity contribution in [2.45, 2.75) is 6.61 Å². The molecule has 0 saturated carbocycles. The van der Waals surface area contributed by atoms with Crippen molar-refractivity contribution in [1.82, 2.24) is 10.2 Å². The van der Waals surface area contributed by atoms with Gasteiger partial charge in [-0.2, -0.15) is 5.10 Å². The van der Waals surface area contributed by atoms with Crippen molar-refractivity contribution in [1.29, 1.82) is 0 Å². The molecule has 4 rings (SSSR count). The molecular formula is C17H12FN3O2. The number of carbonyl (C=O) groups excluding carboxylic acids is 1. The molecule has 2 N–H and O–H groups in total. The second-order valence-electron chi connectivity index (χ2n) is 5.18.